The van der Waals surface area contributed by atoms with Gasteiger partial charge in [-0.3, -0.25) is 4.57 Å². The van der Waals surface area contributed by atoms with Crippen LogP contribution in [0.1, 0.15) is 44.1 Å². The lowest BCUT2D eigenvalue weighted by molar-refractivity contribution is 0.188. The van der Waals surface area contributed by atoms with E-state index in [9.17, 15) is 4.57 Å². The third kappa shape index (κ3) is 4.16. The van der Waals surface area contributed by atoms with Crippen molar-refractivity contribution in [3.63, 3.8) is 0 Å². The summed E-state index contributed by atoms with van der Waals surface area (Å²) in [6, 6.07) is 15.0. The number of benzene rings is 2. The van der Waals surface area contributed by atoms with Gasteiger partial charge in [0.1, 0.15) is 0 Å². The van der Waals surface area contributed by atoms with Gasteiger partial charge < -0.3 is 4.52 Å². The summed E-state index contributed by atoms with van der Waals surface area (Å²) in [5.41, 5.74) is 1.76. The molecule has 2 aromatic carbocycles. The van der Waals surface area contributed by atoms with Crippen LogP contribution in [0.4, 0.5) is 0 Å². The zero-order valence-corrected chi connectivity index (χ0v) is 18.0. The first-order chi connectivity index (χ1) is 13.6. The van der Waals surface area contributed by atoms with Crippen molar-refractivity contribution in [1.29, 1.82) is 0 Å². The van der Waals surface area contributed by atoms with Gasteiger partial charge in [0.2, 0.25) is 0 Å². The number of halogens is 2. The van der Waals surface area contributed by atoms with Crippen molar-refractivity contribution in [2.45, 2.75) is 44.6 Å². The van der Waals surface area contributed by atoms with E-state index < -0.39 is 7.52 Å². The van der Waals surface area contributed by atoms with Crippen LogP contribution >= 0.6 is 30.7 Å². The van der Waals surface area contributed by atoms with Gasteiger partial charge in [-0.05, 0) is 55.5 Å². The molecule has 7 heteroatoms. The first-order valence-corrected chi connectivity index (χ1v) is 12.0. The van der Waals surface area contributed by atoms with E-state index in [1.54, 1.807) is 10.8 Å². The predicted molar refractivity (Wildman–Crippen MR) is 116 cm³/mol. The quantitative estimate of drug-likeness (QED) is 0.518. The molecular formula is C21H23Cl2N2O2P. The Labute approximate surface area is 176 Å². The molecular weight excluding hydrogens is 414 g/mol. The first kappa shape index (κ1) is 20.0. The van der Waals surface area contributed by atoms with Gasteiger partial charge in [-0.15, -0.1) is 0 Å². The molecule has 4 rings (SSSR count). The second kappa shape index (κ2) is 8.59. The molecule has 4 nitrogen and oxygen atoms in total. The van der Waals surface area contributed by atoms with Gasteiger partial charge in [-0.25, -0.2) is 4.78 Å². The maximum atomic E-state index is 14.2. The number of hydrogen-bond donors (Lipinski definition) is 0. The van der Waals surface area contributed by atoms with Crippen molar-refractivity contribution < 1.29 is 9.09 Å². The Morgan fingerprint density at radius 1 is 1.00 bits per heavy atom. The highest BCUT2D eigenvalue weighted by atomic mass is 35.5. The molecule has 0 N–H and O–H groups in total. The second-order valence-corrected chi connectivity index (χ2v) is 10.3. The second-order valence-electron chi connectivity index (χ2n) is 7.24. The molecule has 148 valence electrons. The summed E-state index contributed by atoms with van der Waals surface area (Å²) in [7, 11) is -3.29. The van der Waals surface area contributed by atoms with Gasteiger partial charge in [0.15, 0.2) is 0 Å². The van der Waals surface area contributed by atoms with Crippen LogP contribution < -0.4 is 5.30 Å². The minimum Gasteiger partial charge on any atom is -0.306 e. The third-order valence-corrected chi connectivity index (χ3v) is 8.41. The average Bonchev–Trinajstić information content (AvgIpc) is 3.23. The zero-order valence-electron chi connectivity index (χ0n) is 15.6. The summed E-state index contributed by atoms with van der Waals surface area (Å²) in [6.07, 6.45) is 5.82. The highest BCUT2D eigenvalue weighted by Crippen LogP contribution is 2.53. The smallest absolute Gasteiger partial charge is 0.306 e. The van der Waals surface area contributed by atoms with Gasteiger partial charge in [0.25, 0.3) is 0 Å². The fraction of sp³-hybridized carbons (Fsp3) is 0.381. The molecule has 1 atom stereocenters. The lowest BCUT2D eigenvalue weighted by atomic mass is 10.1. The van der Waals surface area contributed by atoms with Crippen LogP contribution in [0.5, 0.6) is 0 Å². The minimum absolute atomic E-state index is 0.0246. The Morgan fingerprint density at radius 3 is 2.46 bits per heavy atom. The Morgan fingerprint density at radius 2 is 1.75 bits per heavy atom. The van der Waals surface area contributed by atoms with Crippen LogP contribution in [0.2, 0.25) is 10.0 Å². The fourth-order valence-electron chi connectivity index (χ4n) is 3.76. The summed E-state index contributed by atoms with van der Waals surface area (Å²) in [5, 5.41) is 6.47. The Balaban J connectivity index is 1.70. The zero-order chi connectivity index (χ0) is 19.6. The summed E-state index contributed by atoms with van der Waals surface area (Å²) >= 11 is 12.2. The highest BCUT2D eigenvalue weighted by Gasteiger charge is 2.38. The molecule has 1 aliphatic heterocycles. The van der Waals surface area contributed by atoms with Crippen LogP contribution in [-0.4, -0.2) is 23.1 Å². The van der Waals surface area contributed by atoms with Gasteiger partial charge in [-0.1, -0.05) is 60.3 Å². The molecule has 28 heavy (non-hydrogen) atoms. The number of nitrogens with zero attached hydrogens (tertiary/aromatic N) is 2. The molecule has 1 heterocycles. The highest BCUT2D eigenvalue weighted by molar-refractivity contribution is 7.64. The van der Waals surface area contributed by atoms with Crippen molar-refractivity contribution in [2.75, 3.05) is 6.54 Å². The van der Waals surface area contributed by atoms with Crippen LogP contribution in [0.25, 0.3) is 0 Å². The molecule has 1 saturated carbocycles. The molecule has 0 radical (unpaired) electrons. The summed E-state index contributed by atoms with van der Waals surface area (Å²) in [4.78, 5) is 0. The maximum Gasteiger partial charge on any atom is 0.341 e. The molecule has 1 unspecified atom stereocenters. The molecule has 0 spiro atoms. The molecule has 0 bridgehead atoms. The molecule has 1 fully saturated rings. The predicted octanol–water partition coefficient (Wildman–Crippen LogP) is 6.27. The van der Waals surface area contributed by atoms with Crippen molar-refractivity contribution in [3.8, 4) is 0 Å². The van der Waals surface area contributed by atoms with E-state index in [-0.39, 0.29) is 6.10 Å². The Kier molecular flexibility index (Phi) is 6.13. The van der Waals surface area contributed by atoms with E-state index in [4.69, 9.17) is 32.8 Å². The third-order valence-electron chi connectivity index (χ3n) is 5.24. The van der Waals surface area contributed by atoms with E-state index in [0.29, 0.717) is 21.9 Å². The van der Waals surface area contributed by atoms with Crippen molar-refractivity contribution in [1.82, 2.24) is 4.78 Å². The lowest BCUT2D eigenvalue weighted by Gasteiger charge is -2.34. The normalized spacial score (nSPS) is 20.1. The van der Waals surface area contributed by atoms with E-state index in [1.807, 2.05) is 42.5 Å². The molecule has 0 saturated heterocycles. The number of hydrogen-bond acceptors (Lipinski definition) is 3. The van der Waals surface area contributed by atoms with Gasteiger partial charge in [0.05, 0.1) is 27.2 Å². The minimum atomic E-state index is -3.29. The van der Waals surface area contributed by atoms with Gasteiger partial charge >= 0.3 is 7.52 Å². The molecule has 1 aliphatic carbocycles. The lowest BCUT2D eigenvalue weighted by Crippen LogP contribution is -2.31. The fourth-order valence-corrected chi connectivity index (χ4v) is 6.35. The van der Waals surface area contributed by atoms with E-state index >= 15 is 0 Å². The van der Waals surface area contributed by atoms with E-state index in [1.165, 1.54) is 0 Å². The van der Waals surface area contributed by atoms with E-state index in [0.717, 1.165) is 49.8 Å². The first-order valence-electron chi connectivity index (χ1n) is 9.71. The molecule has 0 amide bonds. The van der Waals surface area contributed by atoms with Crippen molar-refractivity contribution >= 4 is 41.7 Å². The topological polar surface area (TPSA) is 41.9 Å². The maximum absolute atomic E-state index is 14.2. The average molecular weight is 437 g/mol. The molecule has 2 aromatic rings. The van der Waals surface area contributed by atoms with Crippen LogP contribution in [0.15, 0.2) is 53.6 Å². The Hall–Kier alpha value is -1.32. The molecule has 2 aliphatic rings. The summed E-state index contributed by atoms with van der Waals surface area (Å²) < 4.78 is 22.1. The van der Waals surface area contributed by atoms with Crippen LogP contribution in [0, 0.1) is 0 Å². The SMILES string of the molecule is O=P(OC1CCCC1)(c1ccccc1)N1CCCC(c2ccc(Cl)c(Cl)c2)=N1. The number of rotatable bonds is 5. The molecule has 0 aromatic heterocycles. The largest absolute Gasteiger partial charge is 0.341 e. The summed E-state index contributed by atoms with van der Waals surface area (Å²) in [6.45, 7) is 0.601. The number of hydrazone groups is 1. The standard InChI is InChI=1S/C21H23Cl2N2O2P/c22-19-13-12-16(15-20(19)23)21-11-6-14-25(24-21)28(26,18-9-2-1-3-10-18)27-17-7-4-5-8-17/h1-3,9-10,12-13,15,17H,4-8,11,14H2. The van der Waals surface area contributed by atoms with E-state index in [2.05, 4.69) is 0 Å². The van der Waals surface area contributed by atoms with Gasteiger partial charge in [0, 0.05) is 6.54 Å². The van der Waals surface area contributed by atoms with Crippen LogP contribution in [-0.2, 0) is 9.09 Å². The van der Waals surface area contributed by atoms with Gasteiger partial charge in [-0.2, -0.15) is 5.10 Å². The van der Waals surface area contributed by atoms with Crippen LogP contribution in [0.3, 0.4) is 0 Å². The summed E-state index contributed by atoms with van der Waals surface area (Å²) in [5.74, 6) is 0. The Bertz CT molecular complexity index is 914. The van der Waals surface area contributed by atoms with Crippen molar-refractivity contribution in [2.24, 2.45) is 5.10 Å². The van der Waals surface area contributed by atoms with Crippen molar-refractivity contribution in [3.05, 3.63) is 64.1 Å². The monoisotopic (exact) mass is 436 g/mol.